The molecule has 0 atom stereocenters. The van der Waals surface area contributed by atoms with Gasteiger partial charge in [-0.05, 0) is 30.3 Å². The minimum Gasteiger partial charge on any atom is -0.345 e. The third kappa shape index (κ3) is 5.28. The highest BCUT2D eigenvalue weighted by Crippen LogP contribution is 2.22. The Morgan fingerprint density at radius 2 is 1.83 bits per heavy atom. The molecule has 126 valence electrons. The number of benzene rings is 2. The van der Waals surface area contributed by atoms with Crippen LogP contribution in [0.2, 0.25) is 5.02 Å². The molecule has 0 bridgehead atoms. The second kappa shape index (κ2) is 8.76. The van der Waals surface area contributed by atoms with Crippen molar-refractivity contribution in [2.24, 2.45) is 0 Å². The maximum atomic E-state index is 12.1. The molecule has 0 aliphatic carbocycles. The third-order valence-electron chi connectivity index (χ3n) is 3.23. The number of halogens is 1. The topological polar surface area (TPSA) is 49.4 Å². The lowest BCUT2D eigenvalue weighted by Crippen LogP contribution is -2.22. The van der Waals surface area contributed by atoms with Gasteiger partial charge in [0.05, 0.1) is 10.6 Å². The maximum Gasteiger partial charge on any atom is 0.254 e. The van der Waals surface area contributed by atoms with Gasteiger partial charge in [0.15, 0.2) is 0 Å². The predicted octanol–water partition coefficient (Wildman–Crippen LogP) is 4.16. The fourth-order valence-corrected chi connectivity index (χ4v) is 3.08. The van der Waals surface area contributed by atoms with Crippen LogP contribution in [-0.4, -0.2) is 36.6 Å². The lowest BCUT2D eigenvalue weighted by molar-refractivity contribution is -0.115. The van der Waals surface area contributed by atoms with Crippen molar-refractivity contribution >= 4 is 40.9 Å². The number of carbonyl (C=O) groups is 2. The molecule has 1 N–H and O–H groups in total. The van der Waals surface area contributed by atoms with Gasteiger partial charge < -0.3 is 10.2 Å². The predicted molar refractivity (Wildman–Crippen MR) is 99.9 cm³/mol. The van der Waals surface area contributed by atoms with Crippen LogP contribution in [0.4, 0.5) is 5.69 Å². The largest absolute Gasteiger partial charge is 0.345 e. The molecule has 0 aromatic heterocycles. The molecule has 0 radical (unpaired) electrons. The van der Waals surface area contributed by atoms with Crippen molar-refractivity contribution in [3.05, 3.63) is 59.1 Å². The van der Waals surface area contributed by atoms with Gasteiger partial charge in [0.1, 0.15) is 0 Å². The van der Waals surface area contributed by atoms with Crippen molar-refractivity contribution in [2.75, 3.05) is 25.2 Å². The highest BCUT2D eigenvalue weighted by atomic mass is 35.5. The number of thioether (sulfide) groups is 1. The van der Waals surface area contributed by atoms with Crippen molar-refractivity contribution in [3.63, 3.8) is 0 Å². The Kier molecular flexibility index (Phi) is 6.70. The Bertz CT molecular complexity index is 720. The summed E-state index contributed by atoms with van der Waals surface area (Å²) in [6.07, 6.45) is 0.388. The van der Waals surface area contributed by atoms with E-state index in [9.17, 15) is 9.59 Å². The summed E-state index contributed by atoms with van der Waals surface area (Å²) in [5.74, 6) is 0.396. The fraction of sp³-hybridized carbons (Fsp3) is 0.222. The lowest BCUT2D eigenvalue weighted by Gasteiger charge is -2.13. The standard InChI is InChI=1S/C18H19ClN2O2S/c1-21(2)18(23)15-12-13(8-9-16(15)19)20-17(22)10-11-24-14-6-4-3-5-7-14/h3-9,12H,10-11H2,1-2H3,(H,20,22). The molecule has 6 heteroatoms. The van der Waals surface area contributed by atoms with Gasteiger partial charge in [-0.25, -0.2) is 0 Å². The first-order chi connectivity index (χ1) is 11.5. The van der Waals surface area contributed by atoms with Crippen LogP contribution in [0.15, 0.2) is 53.4 Å². The summed E-state index contributed by atoms with van der Waals surface area (Å²) in [5, 5.41) is 3.17. The fourth-order valence-electron chi connectivity index (χ4n) is 2.01. The average molecular weight is 363 g/mol. The molecular weight excluding hydrogens is 344 g/mol. The monoisotopic (exact) mass is 362 g/mol. The smallest absolute Gasteiger partial charge is 0.254 e. The number of amides is 2. The van der Waals surface area contributed by atoms with E-state index in [1.165, 1.54) is 4.90 Å². The molecule has 0 aliphatic heterocycles. The summed E-state index contributed by atoms with van der Waals surface area (Å²) in [4.78, 5) is 26.7. The first-order valence-electron chi connectivity index (χ1n) is 7.46. The second-order valence-electron chi connectivity index (χ2n) is 5.35. The van der Waals surface area contributed by atoms with Gasteiger partial charge >= 0.3 is 0 Å². The zero-order chi connectivity index (χ0) is 17.5. The van der Waals surface area contributed by atoms with E-state index in [2.05, 4.69) is 5.32 Å². The Hall–Kier alpha value is -1.98. The summed E-state index contributed by atoms with van der Waals surface area (Å²) in [7, 11) is 3.31. The van der Waals surface area contributed by atoms with E-state index in [1.807, 2.05) is 30.3 Å². The molecule has 0 saturated carbocycles. The van der Waals surface area contributed by atoms with E-state index in [1.54, 1.807) is 44.1 Å². The summed E-state index contributed by atoms with van der Waals surface area (Å²) < 4.78 is 0. The van der Waals surface area contributed by atoms with E-state index in [4.69, 9.17) is 11.6 Å². The Labute approximate surface area is 151 Å². The quantitative estimate of drug-likeness (QED) is 0.785. The van der Waals surface area contributed by atoms with Gasteiger partial charge in [0, 0.05) is 36.9 Å². The molecule has 0 unspecified atom stereocenters. The summed E-state index contributed by atoms with van der Waals surface area (Å²) in [5.41, 5.74) is 0.942. The van der Waals surface area contributed by atoms with Crippen molar-refractivity contribution in [2.45, 2.75) is 11.3 Å². The molecule has 0 saturated heterocycles. The van der Waals surface area contributed by atoms with Crippen LogP contribution in [0, 0.1) is 0 Å². The molecule has 2 aromatic carbocycles. The molecule has 2 aromatic rings. The Morgan fingerprint density at radius 1 is 1.12 bits per heavy atom. The van der Waals surface area contributed by atoms with Crippen LogP contribution in [0.1, 0.15) is 16.8 Å². The zero-order valence-corrected chi connectivity index (χ0v) is 15.2. The lowest BCUT2D eigenvalue weighted by atomic mass is 10.1. The van der Waals surface area contributed by atoms with E-state index < -0.39 is 0 Å². The maximum absolute atomic E-state index is 12.1. The number of anilines is 1. The van der Waals surface area contributed by atoms with Crippen LogP contribution in [0.25, 0.3) is 0 Å². The van der Waals surface area contributed by atoms with Crippen molar-refractivity contribution in [1.82, 2.24) is 4.90 Å². The van der Waals surface area contributed by atoms with Crippen molar-refractivity contribution in [3.8, 4) is 0 Å². The number of carbonyl (C=O) groups excluding carboxylic acids is 2. The Balaban J connectivity index is 1.92. The molecule has 0 spiro atoms. The molecule has 2 rings (SSSR count). The van der Waals surface area contributed by atoms with Gasteiger partial charge in [0.2, 0.25) is 5.91 Å². The first-order valence-corrected chi connectivity index (χ1v) is 8.82. The van der Waals surface area contributed by atoms with Crippen molar-refractivity contribution in [1.29, 1.82) is 0 Å². The number of rotatable bonds is 6. The van der Waals surface area contributed by atoms with Gasteiger partial charge in [-0.3, -0.25) is 9.59 Å². The van der Waals surface area contributed by atoms with Crippen molar-refractivity contribution < 1.29 is 9.59 Å². The van der Waals surface area contributed by atoms with Crippen LogP contribution in [0.3, 0.4) is 0 Å². The molecule has 24 heavy (non-hydrogen) atoms. The Morgan fingerprint density at radius 3 is 2.50 bits per heavy atom. The zero-order valence-electron chi connectivity index (χ0n) is 13.6. The molecule has 0 heterocycles. The molecule has 4 nitrogen and oxygen atoms in total. The van der Waals surface area contributed by atoms with Crippen LogP contribution in [0.5, 0.6) is 0 Å². The second-order valence-corrected chi connectivity index (χ2v) is 6.93. The highest BCUT2D eigenvalue weighted by molar-refractivity contribution is 7.99. The minimum atomic E-state index is -0.198. The minimum absolute atomic E-state index is 0.0935. The SMILES string of the molecule is CN(C)C(=O)c1cc(NC(=O)CCSc2ccccc2)ccc1Cl. The van der Waals surface area contributed by atoms with Gasteiger partial charge in [-0.2, -0.15) is 0 Å². The van der Waals surface area contributed by atoms with E-state index in [0.29, 0.717) is 28.4 Å². The number of hydrogen-bond acceptors (Lipinski definition) is 3. The molecular formula is C18H19ClN2O2S. The van der Waals surface area contributed by atoms with E-state index in [0.717, 1.165) is 4.90 Å². The van der Waals surface area contributed by atoms with Gasteiger partial charge in [-0.15, -0.1) is 11.8 Å². The summed E-state index contributed by atoms with van der Waals surface area (Å²) in [6, 6.07) is 14.8. The highest BCUT2D eigenvalue weighted by Gasteiger charge is 2.14. The average Bonchev–Trinajstić information content (AvgIpc) is 2.57. The van der Waals surface area contributed by atoms with Gasteiger partial charge in [0.25, 0.3) is 5.91 Å². The summed E-state index contributed by atoms with van der Waals surface area (Å²) >= 11 is 7.69. The normalized spacial score (nSPS) is 10.3. The van der Waals surface area contributed by atoms with Crippen LogP contribution >= 0.6 is 23.4 Å². The number of nitrogens with one attached hydrogen (secondary N) is 1. The van der Waals surface area contributed by atoms with Gasteiger partial charge in [-0.1, -0.05) is 29.8 Å². The number of nitrogens with zero attached hydrogens (tertiary/aromatic N) is 1. The van der Waals surface area contributed by atoms with E-state index in [-0.39, 0.29) is 11.8 Å². The molecule has 0 aliphatic rings. The van der Waals surface area contributed by atoms with Crippen LogP contribution in [-0.2, 0) is 4.79 Å². The van der Waals surface area contributed by atoms with Crippen LogP contribution < -0.4 is 5.32 Å². The van der Waals surface area contributed by atoms with E-state index >= 15 is 0 Å². The third-order valence-corrected chi connectivity index (χ3v) is 4.57. The first kappa shape index (κ1) is 18.4. The molecule has 2 amide bonds. The molecule has 0 fully saturated rings. The number of hydrogen-bond donors (Lipinski definition) is 1. The summed E-state index contributed by atoms with van der Waals surface area (Å²) in [6.45, 7) is 0.